The van der Waals surface area contributed by atoms with Crippen LogP contribution in [0.2, 0.25) is 0 Å². The molecule has 1 saturated heterocycles. The molecule has 2 aromatic carbocycles. The van der Waals surface area contributed by atoms with Crippen molar-refractivity contribution in [2.24, 2.45) is 11.8 Å². The number of carbonyl (C=O) groups is 1. The summed E-state index contributed by atoms with van der Waals surface area (Å²) >= 11 is 0. The van der Waals surface area contributed by atoms with Gasteiger partial charge in [-0.1, -0.05) is 37.3 Å². The van der Waals surface area contributed by atoms with Gasteiger partial charge in [-0.2, -0.15) is 0 Å². The fourth-order valence-corrected chi connectivity index (χ4v) is 6.57. The molecular weight excluding hydrogens is 386 g/mol. The smallest absolute Gasteiger partial charge is 0.247 e. The van der Waals surface area contributed by atoms with Crippen molar-refractivity contribution in [1.29, 1.82) is 0 Å². The number of carbonyl (C=O) groups excluding carboxylic acids is 1. The van der Waals surface area contributed by atoms with Gasteiger partial charge in [0.15, 0.2) is 0 Å². The second kappa shape index (κ2) is 6.52. The Bertz CT molecular complexity index is 1180. The third-order valence-electron chi connectivity index (χ3n) is 8.01. The molecule has 2 fully saturated rings. The normalized spacial score (nSPS) is 29.1. The minimum atomic E-state index is -0.241. The third-order valence-corrected chi connectivity index (χ3v) is 8.01. The van der Waals surface area contributed by atoms with Gasteiger partial charge in [0.2, 0.25) is 17.7 Å². The molecule has 3 heterocycles. The Hall–Kier alpha value is -2.95. The van der Waals surface area contributed by atoms with E-state index in [0.717, 1.165) is 24.9 Å². The first-order valence-corrected chi connectivity index (χ1v) is 11.3. The van der Waals surface area contributed by atoms with Crippen LogP contribution in [-0.2, 0) is 16.8 Å². The number of aryl methyl sites for hydroxylation is 2. The number of amides is 1. The molecular formula is C26H27N3O2. The van der Waals surface area contributed by atoms with E-state index in [1.165, 1.54) is 22.3 Å². The van der Waals surface area contributed by atoms with Gasteiger partial charge in [-0.05, 0) is 67.0 Å². The van der Waals surface area contributed by atoms with E-state index in [1.54, 1.807) is 0 Å². The molecule has 3 aromatic rings. The Labute approximate surface area is 182 Å². The van der Waals surface area contributed by atoms with Crippen molar-refractivity contribution < 1.29 is 9.21 Å². The van der Waals surface area contributed by atoms with E-state index in [0.29, 0.717) is 24.1 Å². The molecule has 0 N–H and O–H groups in total. The SMILES string of the molecule is Cc1cc2c(cc1C)[C@@]13C[C@H](C)[C@@H](c4nnc(-c5ccccc5)o4)[C@@H]1CC(=O)N3CC2. The first-order valence-electron chi connectivity index (χ1n) is 11.3. The van der Waals surface area contributed by atoms with E-state index in [9.17, 15) is 4.79 Å². The van der Waals surface area contributed by atoms with E-state index >= 15 is 0 Å². The number of benzene rings is 2. The summed E-state index contributed by atoms with van der Waals surface area (Å²) in [6.07, 6.45) is 2.45. The molecule has 0 radical (unpaired) electrons. The largest absolute Gasteiger partial charge is 0.420 e. The number of nitrogens with zero attached hydrogens (tertiary/aromatic N) is 3. The van der Waals surface area contributed by atoms with Crippen LogP contribution in [0.15, 0.2) is 46.9 Å². The molecule has 1 spiro atoms. The maximum atomic E-state index is 13.1. The zero-order valence-corrected chi connectivity index (χ0v) is 18.3. The zero-order chi connectivity index (χ0) is 21.3. The highest BCUT2D eigenvalue weighted by Gasteiger charge is 2.64. The Morgan fingerprint density at radius 3 is 2.68 bits per heavy atom. The molecule has 1 aromatic heterocycles. The van der Waals surface area contributed by atoms with Crippen molar-refractivity contribution in [3.8, 4) is 11.5 Å². The fourth-order valence-electron chi connectivity index (χ4n) is 6.57. The molecule has 3 aliphatic rings. The van der Waals surface area contributed by atoms with Crippen molar-refractivity contribution in [3.63, 3.8) is 0 Å². The molecule has 31 heavy (non-hydrogen) atoms. The van der Waals surface area contributed by atoms with Gasteiger partial charge in [0.1, 0.15) is 0 Å². The summed E-state index contributed by atoms with van der Waals surface area (Å²) in [7, 11) is 0. The average molecular weight is 414 g/mol. The molecule has 5 nitrogen and oxygen atoms in total. The highest BCUT2D eigenvalue weighted by atomic mass is 16.4. The Balaban J connectivity index is 1.46. The van der Waals surface area contributed by atoms with Gasteiger partial charge in [0.05, 0.1) is 5.54 Å². The lowest BCUT2D eigenvalue weighted by atomic mass is 9.73. The Morgan fingerprint density at radius 1 is 1.10 bits per heavy atom. The summed E-state index contributed by atoms with van der Waals surface area (Å²) in [5, 5.41) is 8.84. The third kappa shape index (κ3) is 2.52. The van der Waals surface area contributed by atoms with Crippen LogP contribution in [0.1, 0.15) is 53.8 Å². The molecule has 5 heteroatoms. The van der Waals surface area contributed by atoms with Gasteiger partial charge >= 0.3 is 0 Å². The van der Waals surface area contributed by atoms with Crippen LogP contribution >= 0.6 is 0 Å². The van der Waals surface area contributed by atoms with Crippen LogP contribution in [0.25, 0.3) is 11.5 Å². The first kappa shape index (κ1) is 18.8. The summed E-state index contributed by atoms with van der Waals surface area (Å²) in [4.78, 5) is 15.3. The fraction of sp³-hybridized carbons (Fsp3) is 0.423. The van der Waals surface area contributed by atoms with Crippen LogP contribution in [0.4, 0.5) is 0 Å². The van der Waals surface area contributed by atoms with Gasteiger partial charge in [0.25, 0.3) is 0 Å². The molecule has 1 amide bonds. The van der Waals surface area contributed by atoms with Gasteiger partial charge in [-0.3, -0.25) is 4.79 Å². The summed E-state index contributed by atoms with van der Waals surface area (Å²) in [5.41, 5.74) is 6.08. The van der Waals surface area contributed by atoms with Crippen LogP contribution < -0.4 is 0 Å². The zero-order valence-electron chi connectivity index (χ0n) is 18.3. The van der Waals surface area contributed by atoms with Gasteiger partial charge in [-0.25, -0.2) is 0 Å². The van der Waals surface area contributed by atoms with E-state index in [2.05, 4.69) is 48.0 Å². The summed E-state index contributed by atoms with van der Waals surface area (Å²) in [6, 6.07) is 14.6. The van der Waals surface area contributed by atoms with Crippen molar-refractivity contribution >= 4 is 5.91 Å². The van der Waals surface area contributed by atoms with Crippen LogP contribution in [0, 0.1) is 25.7 Å². The minimum Gasteiger partial charge on any atom is -0.420 e. The number of aromatic nitrogens is 2. The highest BCUT2D eigenvalue weighted by Crippen LogP contribution is 2.63. The van der Waals surface area contributed by atoms with Crippen LogP contribution in [0.5, 0.6) is 0 Å². The van der Waals surface area contributed by atoms with E-state index < -0.39 is 0 Å². The Kier molecular flexibility index (Phi) is 3.95. The standard InChI is InChI=1S/C26H27N3O2/c1-15-11-19-9-10-29-22(30)13-21-23(17(3)14-26(21,29)20(19)12-16(15)2)25-28-27-24(31-25)18-7-5-4-6-8-18/h4-8,11-12,17,21,23H,9-10,13-14H2,1-3H3/t17-,21-,23+,26-/m0/s1. The minimum absolute atomic E-state index is 0.0893. The topological polar surface area (TPSA) is 59.2 Å². The van der Waals surface area contributed by atoms with E-state index in [4.69, 9.17) is 4.42 Å². The van der Waals surface area contributed by atoms with Crippen LogP contribution in [-0.4, -0.2) is 27.5 Å². The Morgan fingerprint density at radius 2 is 1.87 bits per heavy atom. The lowest BCUT2D eigenvalue weighted by Crippen LogP contribution is -2.49. The average Bonchev–Trinajstić information content (AvgIpc) is 3.41. The summed E-state index contributed by atoms with van der Waals surface area (Å²) < 4.78 is 6.22. The van der Waals surface area contributed by atoms with E-state index in [-0.39, 0.29) is 23.3 Å². The first-order chi connectivity index (χ1) is 15.0. The van der Waals surface area contributed by atoms with E-state index in [1.807, 2.05) is 30.3 Å². The molecule has 6 rings (SSSR count). The molecule has 2 aliphatic heterocycles. The quantitative estimate of drug-likeness (QED) is 0.607. The predicted octanol–water partition coefficient (Wildman–Crippen LogP) is 4.78. The molecule has 158 valence electrons. The molecule has 0 unspecified atom stereocenters. The maximum Gasteiger partial charge on any atom is 0.247 e. The van der Waals surface area contributed by atoms with Crippen molar-refractivity contribution in [1.82, 2.24) is 15.1 Å². The monoisotopic (exact) mass is 413 g/mol. The van der Waals surface area contributed by atoms with Gasteiger partial charge in [-0.15, -0.1) is 10.2 Å². The maximum absolute atomic E-state index is 13.1. The number of fused-ring (bicyclic) bond motifs is 1. The number of hydrogen-bond donors (Lipinski definition) is 0. The lowest BCUT2D eigenvalue weighted by molar-refractivity contribution is -0.132. The number of rotatable bonds is 2. The van der Waals surface area contributed by atoms with Crippen molar-refractivity contribution in [3.05, 3.63) is 70.6 Å². The van der Waals surface area contributed by atoms with Gasteiger partial charge < -0.3 is 9.32 Å². The second-order valence-electron chi connectivity index (χ2n) is 9.64. The second-order valence-corrected chi connectivity index (χ2v) is 9.64. The molecule has 1 aliphatic carbocycles. The highest BCUT2D eigenvalue weighted by molar-refractivity contribution is 5.82. The predicted molar refractivity (Wildman–Crippen MR) is 117 cm³/mol. The van der Waals surface area contributed by atoms with Crippen LogP contribution in [0.3, 0.4) is 0 Å². The lowest BCUT2D eigenvalue weighted by Gasteiger charge is -2.45. The van der Waals surface area contributed by atoms with Crippen molar-refractivity contribution in [2.45, 2.75) is 51.5 Å². The number of hydrogen-bond acceptors (Lipinski definition) is 4. The van der Waals surface area contributed by atoms with Gasteiger partial charge in [0, 0.05) is 30.4 Å². The molecule has 4 atom stereocenters. The summed E-state index contributed by atoms with van der Waals surface area (Å²) in [5.74, 6) is 2.12. The summed E-state index contributed by atoms with van der Waals surface area (Å²) in [6.45, 7) is 7.45. The molecule has 0 bridgehead atoms. The van der Waals surface area contributed by atoms with Crippen molar-refractivity contribution in [2.75, 3.05) is 6.54 Å². The molecule has 1 saturated carbocycles.